The SMILES string of the molecule is O=C(NC1(C(=O)O)CCCCC1)c1ccnc(OCC(F)(F)F)c1. The first-order valence-corrected chi connectivity index (χ1v) is 7.43. The van der Waals surface area contributed by atoms with Gasteiger partial charge in [0.1, 0.15) is 5.54 Å². The molecule has 9 heteroatoms. The molecule has 0 saturated heterocycles. The van der Waals surface area contributed by atoms with Crippen LogP contribution in [0.15, 0.2) is 18.3 Å². The summed E-state index contributed by atoms with van der Waals surface area (Å²) >= 11 is 0. The normalized spacial score (nSPS) is 17.1. The number of pyridine rings is 1. The molecule has 1 fully saturated rings. The van der Waals surface area contributed by atoms with Crippen LogP contribution < -0.4 is 10.1 Å². The first kappa shape index (κ1) is 18.0. The van der Waals surface area contributed by atoms with Crippen molar-refractivity contribution in [3.63, 3.8) is 0 Å². The van der Waals surface area contributed by atoms with E-state index in [1.165, 1.54) is 6.07 Å². The Morgan fingerprint density at radius 1 is 1.29 bits per heavy atom. The summed E-state index contributed by atoms with van der Waals surface area (Å²) in [6.07, 6.45) is -0.487. The molecule has 0 radical (unpaired) electrons. The molecule has 0 atom stereocenters. The first-order chi connectivity index (χ1) is 11.2. The lowest BCUT2D eigenvalue weighted by Gasteiger charge is -2.33. The monoisotopic (exact) mass is 346 g/mol. The van der Waals surface area contributed by atoms with Crippen molar-refractivity contribution >= 4 is 11.9 Å². The van der Waals surface area contributed by atoms with Crippen LogP contribution in [0.1, 0.15) is 42.5 Å². The molecule has 2 rings (SSSR count). The maximum absolute atomic E-state index is 12.3. The Labute approximate surface area is 136 Å². The van der Waals surface area contributed by atoms with Crippen molar-refractivity contribution in [1.82, 2.24) is 10.3 Å². The summed E-state index contributed by atoms with van der Waals surface area (Å²) in [5.74, 6) is -2.15. The van der Waals surface area contributed by atoms with Gasteiger partial charge in [0, 0.05) is 17.8 Å². The molecule has 0 aliphatic heterocycles. The molecule has 1 heterocycles. The number of hydrogen-bond donors (Lipinski definition) is 2. The molecule has 132 valence electrons. The van der Waals surface area contributed by atoms with E-state index >= 15 is 0 Å². The molecule has 1 aliphatic rings. The summed E-state index contributed by atoms with van der Waals surface area (Å²) in [6.45, 7) is -1.52. The van der Waals surface area contributed by atoms with Crippen LogP contribution in [-0.4, -0.2) is 40.3 Å². The summed E-state index contributed by atoms with van der Waals surface area (Å²) in [5.41, 5.74) is -1.35. The predicted octanol–water partition coefficient (Wildman–Crippen LogP) is 2.54. The number of aromatic nitrogens is 1. The largest absolute Gasteiger partial charge is 0.480 e. The van der Waals surface area contributed by atoms with Crippen molar-refractivity contribution < 1.29 is 32.6 Å². The lowest BCUT2D eigenvalue weighted by Crippen LogP contribution is -2.55. The van der Waals surface area contributed by atoms with E-state index in [1.54, 1.807) is 0 Å². The zero-order chi connectivity index (χ0) is 17.8. The fourth-order valence-electron chi connectivity index (χ4n) is 2.62. The van der Waals surface area contributed by atoms with Gasteiger partial charge in [-0.05, 0) is 18.9 Å². The van der Waals surface area contributed by atoms with Crippen LogP contribution >= 0.6 is 0 Å². The highest BCUT2D eigenvalue weighted by atomic mass is 19.4. The number of halogens is 3. The number of ether oxygens (including phenoxy) is 1. The number of rotatable bonds is 5. The molecule has 2 N–H and O–H groups in total. The van der Waals surface area contributed by atoms with Gasteiger partial charge in [-0.2, -0.15) is 13.2 Å². The van der Waals surface area contributed by atoms with E-state index in [-0.39, 0.29) is 11.4 Å². The van der Waals surface area contributed by atoms with Crippen molar-refractivity contribution in [2.45, 2.75) is 43.8 Å². The fraction of sp³-hybridized carbons (Fsp3) is 0.533. The van der Waals surface area contributed by atoms with Gasteiger partial charge in [0.15, 0.2) is 6.61 Å². The minimum atomic E-state index is -4.52. The maximum atomic E-state index is 12.3. The average Bonchev–Trinajstić information content (AvgIpc) is 2.53. The number of amides is 1. The minimum Gasteiger partial charge on any atom is -0.480 e. The quantitative estimate of drug-likeness (QED) is 0.855. The number of carbonyl (C=O) groups excluding carboxylic acids is 1. The lowest BCUT2D eigenvalue weighted by atomic mass is 9.81. The molecule has 1 amide bonds. The number of carbonyl (C=O) groups is 2. The number of nitrogens with zero attached hydrogens (tertiary/aromatic N) is 1. The van der Waals surface area contributed by atoms with Crippen molar-refractivity contribution in [1.29, 1.82) is 0 Å². The molecule has 1 saturated carbocycles. The van der Waals surface area contributed by atoms with Gasteiger partial charge < -0.3 is 15.2 Å². The summed E-state index contributed by atoms with van der Waals surface area (Å²) in [6, 6.07) is 2.34. The van der Waals surface area contributed by atoms with E-state index in [9.17, 15) is 27.9 Å². The van der Waals surface area contributed by atoms with E-state index in [0.29, 0.717) is 25.7 Å². The second-order valence-corrected chi connectivity index (χ2v) is 5.69. The summed E-state index contributed by atoms with van der Waals surface area (Å²) in [5, 5.41) is 11.9. The second kappa shape index (κ2) is 7.06. The standard InChI is InChI=1S/C15H17F3N2O4/c16-15(17,18)9-24-11-8-10(4-7-19-11)12(21)20-14(13(22)23)5-2-1-3-6-14/h4,7-8H,1-3,5-6,9H2,(H,20,21)(H,22,23). The van der Waals surface area contributed by atoms with Crippen LogP contribution in [0.2, 0.25) is 0 Å². The molecule has 6 nitrogen and oxygen atoms in total. The van der Waals surface area contributed by atoms with Crippen molar-refractivity contribution in [3.8, 4) is 5.88 Å². The Morgan fingerprint density at radius 2 is 1.96 bits per heavy atom. The second-order valence-electron chi connectivity index (χ2n) is 5.69. The highest BCUT2D eigenvalue weighted by molar-refractivity contribution is 5.98. The van der Waals surface area contributed by atoms with Gasteiger partial charge in [0.2, 0.25) is 5.88 Å². The van der Waals surface area contributed by atoms with Gasteiger partial charge in [-0.1, -0.05) is 19.3 Å². The Balaban J connectivity index is 2.10. The Hall–Kier alpha value is -2.32. The van der Waals surface area contributed by atoms with E-state index < -0.39 is 30.2 Å². The third kappa shape index (κ3) is 4.59. The van der Waals surface area contributed by atoms with Crippen molar-refractivity contribution in [2.24, 2.45) is 0 Å². The molecule has 0 aromatic carbocycles. The Morgan fingerprint density at radius 3 is 2.54 bits per heavy atom. The Kier molecular flexibility index (Phi) is 5.30. The fourth-order valence-corrected chi connectivity index (χ4v) is 2.62. The number of aliphatic carboxylic acids is 1. The highest BCUT2D eigenvalue weighted by Gasteiger charge is 2.41. The van der Waals surface area contributed by atoms with Gasteiger partial charge in [-0.3, -0.25) is 4.79 Å². The molecule has 0 unspecified atom stereocenters. The van der Waals surface area contributed by atoms with Crippen LogP contribution in [0, 0.1) is 0 Å². The van der Waals surface area contributed by atoms with Crippen LogP contribution in [0.4, 0.5) is 13.2 Å². The molecule has 1 aromatic rings. The van der Waals surface area contributed by atoms with Crippen LogP contribution in [0.5, 0.6) is 5.88 Å². The molecule has 1 aromatic heterocycles. The molecule has 0 spiro atoms. The molecule has 1 aliphatic carbocycles. The zero-order valence-corrected chi connectivity index (χ0v) is 12.7. The first-order valence-electron chi connectivity index (χ1n) is 7.43. The van der Waals surface area contributed by atoms with E-state index in [2.05, 4.69) is 15.0 Å². The number of carboxylic acid groups (broad SMARTS) is 1. The van der Waals surface area contributed by atoms with E-state index in [0.717, 1.165) is 18.7 Å². The molecular formula is C15H17F3N2O4. The van der Waals surface area contributed by atoms with Gasteiger partial charge in [-0.15, -0.1) is 0 Å². The summed E-state index contributed by atoms with van der Waals surface area (Å²) in [4.78, 5) is 27.4. The third-order valence-electron chi connectivity index (χ3n) is 3.85. The molecular weight excluding hydrogens is 329 g/mol. The number of nitrogens with one attached hydrogen (secondary N) is 1. The van der Waals surface area contributed by atoms with E-state index in [4.69, 9.17) is 0 Å². The van der Waals surface area contributed by atoms with Gasteiger partial charge in [-0.25, -0.2) is 9.78 Å². The molecule has 0 bridgehead atoms. The van der Waals surface area contributed by atoms with E-state index in [1.807, 2.05) is 0 Å². The van der Waals surface area contributed by atoms with Gasteiger partial charge >= 0.3 is 12.1 Å². The third-order valence-corrected chi connectivity index (χ3v) is 3.85. The average molecular weight is 346 g/mol. The van der Waals surface area contributed by atoms with Gasteiger partial charge in [0.25, 0.3) is 5.91 Å². The van der Waals surface area contributed by atoms with Crippen LogP contribution in [0.3, 0.4) is 0 Å². The van der Waals surface area contributed by atoms with Gasteiger partial charge in [0.05, 0.1) is 0 Å². The lowest BCUT2D eigenvalue weighted by molar-refractivity contribution is -0.154. The number of alkyl halides is 3. The minimum absolute atomic E-state index is 0.00614. The van der Waals surface area contributed by atoms with Crippen LogP contribution in [0.25, 0.3) is 0 Å². The van der Waals surface area contributed by atoms with Crippen molar-refractivity contribution in [3.05, 3.63) is 23.9 Å². The zero-order valence-electron chi connectivity index (χ0n) is 12.7. The predicted molar refractivity (Wildman–Crippen MR) is 76.7 cm³/mol. The summed E-state index contributed by atoms with van der Waals surface area (Å²) in [7, 11) is 0. The van der Waals surface area contributed by atoms with Crippen LogP contribution in [-0.2, 0) is 4.79 Å². The number of hydrogen-bond acceptors (Lipinski definition) is 4. The topological polar surface area (TPSA) is 88.5 Å². The smallest absolute Gasteiger partial charge is 0.422 e. The molecule has 24 heavy (non-hydrogen) atoms. The number of carboxylic acids is 1. The maximum Gasteiger partial charge on any atom is 0.422 e. The Bertz CT molecular complexity index is 613. The summed E-state index contributed by atoms with van der Waals surface area (Å²) < 4.78 is 40.9. The van der Waals surface area contributed by atoms with Crippen molar-refractivity contribution in [2.75, 3.05) is 6.61 Å². The highest BCUT2D eigenvalue weighted by Crippen LogP contribution is 2.29.